The van der Waals surface area contributed by atoms with Crippen molar-refractivity contribution in [3.63, 3.8) is 0 Å². The average Bonchev–Trinajstić information content (AvgIpc) is 2.74. The van der Waals surface area contributed by atoms with E-state index >= 15 is 0 Å². The minimum Gasteiger partial charge on any atom is -0.483 e. The Morgan fingerprint density at radius 1 is 1.19 bits per heavy atom. The molecule has 2 aromatic carbocycles. The van der Waals surface area contributed by atoms with Crippen molar-refractivity contribution >= 4 is 39.3 Å². The summed E-state index contributed by atoms with van der Waals surface area (Å²) in [6.45, 7) is 10.7. The van der Waals surface area contributed by atoms with E-state index in [-0.39, 0.29) is 30.4 Å². The number of rotatable bonds is 9. The second-order valence-electron chi connectivity index (χ2n) is 8.76. The van der Waals surface area contributed by atoms with Crippen LogP contribution in [0.5, 0.6) is 5.75 Å². The van der Waals surface area contributed by atoms with Gasteiger partial charge in [-0.1, -0.05) is 63.6 Å². The number of amides is 2. The maximum Gasteiger partial charge on any atom is 0.261 e. The SMILES string of the molecule is CCCNC(=O)C(C)N(Cc1ccccc1Cl)C(=O)COc1ccc(C(C)(C)C)cc1Br. The van der Waals surface area contributed by atoms with Crippen molar-refractivity contribution in [3.8, 4) is 5.75 Å². The average molecular weight is 524 g/mol. The van der Waals surface area contributed by atoms with Crippen LogP contribution in [0.3, 0.4) is 0 Å². The van der Waals surface area contributed by atoms with Gasteiger partial charge in [0.25, 0.3) is 5.91 Å². The Balaban J connectivity index is 2.18. The molecule has 5 nitrogen and oxygen atoms in total. The zero-order valence-electron chi connectivity index (χ0n) is 19.4. The largest absolute Gasteiger partial charge is 0.483 e. The second-order valence-corrected chi connectivity index (χ2v) is 10.0. The quantitative estimate of drug-likeness (QED) is 0.457. The van der Waals surface area contributed by atoms with Crippen LogP contribution in [0.4, 0.5) is 0 Å². The van der Waals surface area contributed by atoms with Crippen LogP contribution in [0.1, 0.15) is 52.2 Å². The van der Waals surface area contributed by atoms with Gasteiger partial charge in [-0.05, 0) is 64.0 Å². The molecule has 1 atom stereocenters. The third-order valence-corrected chi connectivity index (χ3v) is 6.15. The molecule has 0 saturated carbocycles. The van der Waals surface area contributed by atoms with E-state index < -0.39 is 6.04 Å². The maximum atomic E-state index is 13.2. The van der Waals surface area contributed by atoms with Gasteiger partial charge in [-0.3, -0.25) is 9.59 Å². The van der Waals surface area contributed by atoms with Crippen molar-refractivity contribution < 1.29 is 14.3 Å². The Bertz CT molecular complexity index is 943. The van der Waals surface area contributed by atoms with Gasteiger partial charge in [0.05, 0.1) is 4.47 Å². The van der Waals surface area contributed by atoms with Crippen molar-refractivity contribution in [3.05, 3.63) is 63.1 Å². The molecule has 2 aromatic rings. The van der Waals surface area contributed by atoms with E-state index in [9.17, 15) is 9.59 Å². The third-order valence-electron chi connectivity index (χ3n) is 5.16. The number of nitrogens with zero attached hydrogens (tertiary/aromatic N) is 1. The minimum absolute atomic E-state index is 0.00387. The lowest BCUT2D eigenvalue weighted by Gasteiger charge is -2.29. The van der Waals surface area contributed by atoms with Crippen LogP contribution >= 0.6 is 27.5 Å². The van der Waals surface area contributed by atoms with E-state index in [0.29, 0.717) is 17.3 Å². The molecule has 0 radical (unpaired) electrons. The van der Waals surface area contributed by atoms with Crippen molar-refractivity contribution in [1.82, 2.24) is 10.2 Å². The Morgan fingerprint density at radius 3 is 2.47 bits per heavy atom. The molecule has 0 aromatic heterocycles. The summed E-state index contributed by atoms with van der Waals surface area (Å²) in [6.07, 6.45) is 0.818. The van der Waals surface area contributed by atoms with Crippen molar-refractivity contribution in [2.24, 2.45) is 0 Å². The van der Waals surface area contributed by atoms with Gasteiger partial charge in [0.1, 0.15) is 11.8 Å². The van der Waals surface area contributed by atoms with Crippen molar-refractivity contribution in [1.29, 1.82) is 0 Å². The van der Waals surface area contributed by atoms with E-state index in [2.05, 4.69) is 42.0 Å². The molecule has 0 saturated heterocycles. The summed E-state index contributed by atoms with van der Waals surface area (Å²) in [4.78, 5) is 27.3. The first-order valence-corrected chi connectivity index (χ1v) is 11.9. The van der Waals surface area contributed by atoms with Crippen LogP contribution in [-0.2, 0) is 21.5 Å². The maximum absolute atomic E-state index is 13.2. The number of carbonyl (C=O) groups excluding carboxylic acids is 2. The molecule has 0 spiro atoms. The summed E-state index contributed by atoms with van der Waals surface area (Å²) < 4.78 is 6.61. The lowest BCUT2D eigenvalue weighted by Crippen LogP contribution is -2.49. The first-order valence-electron chi connectivity index (χ1n) is 10.8. The standard InChI is InChI=1S/C25H32BrClN2O3/c1-6-13-28-24(31)17(2)29(15-18-9-7-8-10-21(18)27)23(30)16-32-22-12-11-19(14-20(22)26)25(3,4)5/h7-12,14,17H,6,13,15-16H2,1-5H3,(H,28,31). The van der Waals surface area contributed by atoms with Crippen LogP contribution in [-0.4, -0.2) is 35.9 Å². The summed E-state index contributed by atoms with van der Waals surface area (Å²) in [6, 6.07) is 12.5. The van der Waals surface area contributed by atoms with E-state index in [1.54, 1.807) is 13.0 Å². The molecule has 0 aliphatic heterocycles. The lowest BCUT2D eigenvalue weighted by atomic mass is 9.87. The number of halogens is 2. The number of nitrogens with one attached hydrogen (secondary N) is 1. The zero-order chi connectivity index (χ0) is 23.9. The highest BCUT2D eigenvalue weighted by atomic mass is 79.9. The number of benzene rings is 2. The number of carbonyl (C=O) groups is 2. The Kier molecular flexibility index (Phi) is 9.59. The molecular weight excluding hydrogens is 492 g/mol. The van der Waals surface area contributed by atoms with E-state index in [1.165, 1.54) is 4.90 Å². The fourth-order valence-corrected chi connectivity index (χ4v) is 3.78. The summed E-state index contributed by atoms with van der Waals surface area (Å²) in [7, 11) is 0. The molecule has 32 heavy (non-hydrogen) atoms. The molecule has 1 unspecified atom stereocenters. The first kappa shape index (κ1) is 26.2. The summed E-state index contributed by atoms with van der Waals surface area (Å²) in [5.74, 6) is 0.0750. The fraction of sp³-hybridized carbons (Fsp3) is 0.440. The van der Waals surface area contributed by atoms with Crippen LogP contribution < -0.4 is 10.1 Å². The monoisotopic (exact) mass is 522 g/mol. The normalized spacial score (nSPS) is 12.2. The summed E-state index contributed by atoms with van der Waals surface area (Å²) in [5.41, 5.74) is 1.93. The molecular formula is C25H32BrClN2O3. The van der Waals surface area contributed by atoms with E-state index in [4.69, 9.17) is 16.3 Å². The van der Waals surface area contributed by atoms with Crippen LogP contribution in [0, 0.1) is 0 Å². The van der Waals surface area contributed by atoms with Gasteiger partial charge in [0.2, 0.25) is 5.91 Å². The zero-order valence-corrected chi connectivity index (χ0v) is 21.7. The molecule has 174 valence electrons. The van der Waals surface area contributed by atoms with Crippen LogP contribution in [0.15, 0.2) is 46.9 Å². The lowest BCUT2D eigenvalue weighted by molar-refractivity contribution is -0.142. The van der Waals surface area contributed by atoms with Gasteiger partial charge < -0.3 is 15.0 Å². The van der Waals surface area contributed by atoms with Gasteiger partial charge in [-0.2, -0.15) is 0 Å². The van der Waals surface area contributed by atoms with E-state index in [0.717, 1.165) is 22.0 Å². The smallest absolute Gasteiger partial charge is 0.261 e. The van der Waals surface area contributed by atoms with Crippen molar-refractivity contribution in [2.45, 2.75) is 59.0 Å². The first-order chi connectivity index (χ1) is 15.0. The predicted octanol–water partition coefficient (Wildman–Crippen LogP) is 5.72. The minimum atomic E-state index is -0.666. The van der Waals surface area contributed by atoms with Crippen LogP contribution in [0.2, 0.25) is 5.02 Å². The molecule has 0 heterocycles. The topological polar surface area (TPSA) is 58.6 Å². The molecule has 0 aliphatic rings. The molecule has 7 heteroatoms. The molecule has 0 bridgehead atoms. The van der Waals surface area contributed by atoms with Crippen LogP contribution in [0.25, 0.3) is 0 Å². The molecule has 0 aliphatic carbocycles. The second kappa shape index (κ2) is 11.7. The highest BCUT2D eigenvalue weighted by molar-refractivity contribution is 9.10. The Hall–Kier alpha value is -2.05. The third kappa shape index (κ3) is 7.24. The number of hydrogen-bond donors (Lipinski definition) is 1. The fourth-order valence-electron chi connectivity index (χ4n) is 3.10. The highest BCUT2D eigenvalue weighted by Crippen LogP contribution is 2.31. The number of ether oxygens (including phenoxy) is 1. The number of hydrogen-bond acceptors (Lipinski definition) is 3. The Morgan fingerprint density at radius 2 is 1.88 bits per heavy atom. The highest BCUT2D eigenvalue weighted by Gasteiger charge is 2.27. The van der Waals surface area contributed by atoms with Gasteiger partial charge >= 0.3 is 0 Å². The van der Waals surface area contributed by atoms with Gasteiger partial charge in [-0.25, -0.2) is 0 Å². The van der Waals surface area contributed by atoms with Gasteiger partial charge in [-0.15, -0.1) is 0 Å². The van der Waals surface area contributed by atoms with Gasteiger partial charge in [0.15, 0.2) is 6.61 Å². The summed E-state index contributed by atoms with van der Waals surface area (Å²) in [5, 5.41) is 3.41. The van der Waals surface area contributed by atoms with E-state index in [1.807, 2.05) is 43.3 Å². The molecule has 2 amide bonds. The molecule has 0 fully saturated rings. The van der Waals surface area contributed by atoms with Gasteiger partial charge in [0, 0.05) is 18.1 Å². The molecule has 2 rings (SSSR count). The molecule has 1 N–H and O–H groups in total. The predicted molar refractivity (Wildman–Crippen MR) is 133 cm³/mol. The summed E-state index contributed by atoms with van der Waals surface area (Å²) >= 11 is 9.85. The Labute approximate surface area is 204 Å². The van der Waals surface area contributed by atoms with Crippen molar-refractivity contribution in [2.75, 3.05) is 13.2 Å².